The van der Waals surface area contributed by atoms with Crippen LogP contribution in [0.4, 0.5) is 5.69 Å². The summed E-state index contributed by atoms with van der Waals surface area (Å²) in [5, 5.41) is 2.97. The van der Waals surface area contributed by atoms with E-state index in [4.69, 9.17) is 9.47 Å². The van der Waals surface area contributed by atoms with Gasteiger partial charge in [0.15, 0.2) is 0 Å². The van der Waals surface area contributed by atoms with Crippen molar-refractivity contribution in [3.63, 3.8) is 0 Å². The lowest BCUT2D eigenvalue weighted by Gasteiger charge is -2.19. The fraction of sp³-hybridized carbons (Fsp3) is 0.240. The van der Waals surface area contributed by atoms with E-state index in [0.717, 1.165) is 16.9 Å². The van der Waals surface area contributed by atoms with Crippen LogP contribution in [0, 0.1) is 6.92 Å². The molecule has 0 saturated heterocycles. The van der Waals surface area contributed by atoms with Gasteiger partial charge in [-0.15, -0.1) is 0 Å². The van der Waals surface area contributed by atoms with Crippen LogP contribution in [0.25, 0.3) is 0 Å². The average Bonchev–Trinajstić information content (AvgIpc) is 2.83. The number of hydrogen-bond donors (Lipinski definition) is 2. The summed E-state index contributed by atoms with van der Waals surface area (Å²) in [4.78, 5) is 12.9. The van der Waals surface area contributed by atoms with Crippen molar-refractivity contribution < 1.29 is 22.7 Å². The lowest BCUT2D eigenvalue weighted by atomic mass is 10.0. The predicted octanol–water partition coefficient (Wildman–Crippen LogP) is 4.69. The van der Waals surface area contributed by atoms with Gasteiger partial charge in [-0.25, -0.2) is 8.42 Å². The number of carbonyl (C=O) groups excluding carboxylic acids is 1. The Morgan fingerprint density at radius 3 is 2.18 bits per heavy atom. The minimum absolute atomic E-state index is 0.115. The molecule has 3 rings (SSSR count). The van der Waals surface area contributed by atoms with E-state index in [1.807, 2.05) is 50.2 Å². The molecular weight excluding hydrogens is 440 g/mol. The molecular formula is C25H28N2O5S. The number of benzene rings is 3. The van der Waals surface area contributed by atoms with Gasteiger partial charge in [0.2, 0.25) is 0 Å². The fourth-order valence-electron chi connectivity index (χ4n) is 3.36. The number of methoxy groups -OCH3 is 2. The largest absolute Gasteiger partial charge is 0.497 e. The van der Waals surface area contributed by atoms with E-state index in [0.29, 0.717) is 12.1 Å². The smallest absolute Gasteiger partial charge is 0.265 e. The zero-order valence-electron chi connectivity index (χ0n) is 19.1. The van der Waals surface area contributed by atoms with Gasteiger partial charge in [0.05, 0.1) is 20.3 Å². The highest BCUT2D eigenvalue weighted by Crippen LogP contribution is 2.28. The molecule has 174 valence electrons. The minimum atomic E-state index is -3.99. The number of ether oxygens (including phenoxy) is 2. The molecule has 8 heteroatoms. The van der Waals surface area contributed by atoms with Crippen molar-refractivity contribution in [1.29, 1.82) is 0 Å². The second-order valence-corrected chi connectivity index (χ2v) is 9.20. The molecule has 1 amide bonds. The number of anilines is 1. The maximum atomic E-state index is 13.1. The maximum Gasteiger partial charge on any atom is 0.265 e. The standard InChI is InChI=1S/C25H28N2O5S/c1-5-22(18-8-13-21(31-3)14-9-18)26-25(28)19-10-15-23(32-4)24(16-19)33(29,30)27-20-11-6-17(2)7-12-20/h6-16,22,27H,5H2,1-4H3,(H,26,28). The molecule has 1 atom stereocenters. The summed E-state index contributed by atoms with van der Waals surface area (Å²) in [5.41, 5.74) is 2.57. The molecule has 33 heavy (non-hydrogen) atoms. The molecule has 0 aliphatic rings. The first kappa shape index (κ1) is 24.1. The Balaban J connectivity index is 1.86. The van der Waals surface area contributed by atoms with Crippen molar-refractivity contribution in [1.82, 2.24) is 5.32 Å². The first-order valence-corrected chi connectivity index (χ1v) is 12.0. The molecule has 2 N–H and O–H groups in total. The van der Waals surface area contributed by atoms with Crippen LogP contribution in [0.1, 0.15) is 40.9 Å². The van der Waals surface area contributed by atoms with Gasteiger partial charge >= 0.3 is 0 Å². The highest BCUT2D eigenvalue weighted by Gasteiger charge is 2.23. The maximum absolute atomic E-state index is 13.1. The van der Waals surface area contributed by atoms with Crippen molar-refractivity contribution >= 4 is 21.6 Å². The van der Waals surface area contributed by atoms with E-state index in [9.17, 15) is 13.2 Å². The molecule has 0 fully saturated rings. The number of aryl methyl sites for hydroxylation is 1. The van der Waals surface area contributed by atoms with Crippen LogP contribution in [-0.2, 0) is 10.0 Å². The molecule has 0 radical (unpaired) electrons. The summed E-state index contributed by atoms with van der Waals surface area (Å²) in [5.74, 6) is 0.492. The van der Waals surface area contributed by atoms with Crippen molar-refractivity contribution in [2.24, 2.45) is 0 Å². The van der Waals surface area contributed by atoms with Gasteiger partial charge in [0.25, 0.3) is 15.9 Å². The Morgan fingerprint density at radius 2 is 1.61 bits per heavy atom. The van der Waals surface area contributed by atoms with E-state index >= 15 is 0 Å². The summed E-state index contributed by atoms with van der Waals surface area (Å²) in [7, 11) is -1.01. The fourth-order valence-corrected chi connectivity index (χ4v) is 4.61. The van der Waals surface area contributed by atoms with E-state index in [-0.39, 0.29) is 28.2 Å². The third kappa shape index (κ3) is 5.84. The van der Waals surface area contributed by atoms with Crippen molar-refractivity contribution in [3.05, 3.63) is 83.4 Å². The van der Waals surface area contributed by atoms with Gasteiger partial charge in [-0.2, -0.15) is 0 Å². The summed E-state index contributed by atoms with van der Waals surface area (Å²) in [6.45, 7) is 3.88. The Labute approximate surface area is 194 Å². The molecule has 0 aliphatic heterocycles. The first-order chi connectivity index (χ1) is 15.8. The molecule has 3 aromatic rings. The highest BCUT2D eigenvalue weighted by molar-refractivity contribution is 7.92. The number of nitrogens with one attached hydrogen (secondary N) is 2. The summed E-state index contributed by atoms with van der Waals surface area (Å²) >= 11 is 0. The van der Waals surface area contributed by atoms with Crippen LogP contribution >= 0.6 is 0 Å². The van der Waals surface area contributed by atoms with Crippen LogP contribution in [0.5, 0.6) is 11.5 Å². The van der Waals surface area contributed by atoms with Gasteiger partial charge in [-0.1, -0.05) is 36.8 Å². The minimum Gasteiger partial charge on any atom is -0.497 e. The monoisotopic (exact) mass is 468 g/mol. The van der Waals surface area contributed by atoms with Crippen LogP contribution in [0.3, 0.4) is 0 Å². The number of hydrogen-bond acceptors (Lipinski definition) is 5. The molecule has 0 bridgehead atoms. The average molecular weight is 469 g/mol. The van der Waals surface area contributed by atoms with Gasteiger partial charge in [0, 0.05) is 11.3 Å². The van der Waals surface area contributed by atoms with Crippen molar-refractivity contribution in [2.75, 3.05) is 18.9 Å². The van der Waals surface area contributed by atoms with Crippen molar-refractivity contribution in [2.45, 2.75) is 31.2 Å². The van der Waals surface area contributed by atoms with Gasteiger partial charge < -0.3 is 14.8 Å². The van der Waals surface area contributed by atoms with Crippen LogP contribution in [0.15, 0.2) is 71.6 Å². The van der Waals surface area contributed by atoms with Gasteiger partial charge in [-0.3, -0.25) is 9.52 Å². The Hall–Kier alpha value is -3.52. The molecule has 0 aliphatic carbocycles. The van der Waals surface area contributed by atoms with E-state index in [1.54, 1.807) is 25.3 Å². The third-order valence-electron chi connectivity index (χ3n) is 5.25. The Bertz CT molecular complexity index is 1210. The second kappa shape index (κ2) is 10.4. The van der Waals surface area contributed by atoms with E-state index < -0.39 is 10.0 Å². The normalized spacial score (nSPS) is 12.0. The molecule has 7 nitrogen and oxygen atoms in total. The number of sulfonamides is 1. The number of rotatable bonds is 9. The number of amides is 1. The first-order valence-electron chi connectivity index (χ1n) is 10.5. The van der Waals surface area contributed by atoms with E-state index in [2.05, 4.69) is 10.0 Å². The summed E-state index contributed by atoms with van der Waals surface area (Å²) < 4.78 is 39.1. The topological polar surface area (TPSA) is 93.7 Å². The Kier molecular flexibility index (Phi) is 7.60. The Morgan fingerprint density at radius 1 is 0.939 bits per heavy atom. The lowest BCUT2D eigenvalue weighted by Crippen LogP contribution is -2.28. The van der Waals surface area contributed by atoms with Crippen LogP contribution in [0.2, 0.25) is 0 Å². The quantitative estimate of drug-likeness (QED) is 0.475. The van der Waals surface area contributed by atoms with Gasteiger partial charge in [-0.05, 0) is 61.4 Å². The molecule has 0 saturated carbocycles. The molecule has 0 heterocycles. The molecule has 3 aromatic carbocycles. The molecule has 0 aromatic heterocycles. The summed E-state index contributed by atoms with van der Waals surface area (Å²) in [6.07, 6.45) is 0.661. The summed E-state index contributed by atoms with van der Waals surface area (Å²) in [6, 6.07) is 18.5. The van der Waals surface area contributed by atoms with Gasteiger partial charge in [0.1, 0.15) is 16.4 Å². The molecule has 0 spiro atoms. The predicted molar refractivity (Wildman–Crippen MR) is 128 cm³/mol. The second-order valence-electron chi connectivity index (χ2n) is 7.54. The lowest BCUT2D eigenvalue weighted by molar-refractivity contribution is 0.0935. The third-order valence-corrected chi connectivity index (χ3v) is 6.65. The van der Waals surface area contributed by atoms with E-state index in [1.165, 1.54) is 19.2 Å². The van der Waals surface area contributed by atoms with Crippen LogP contribution < -0.4 is 19.5 Å². The van der Waals surface area contributed by atoms with Crippen molar-refractivity contribution in [3.8, 4) is 11.5 Å². The van der Waals surface area contributed by atoms with Crippen LogP contribution in [-0.4, -0.2) is 28.5 Å². The highest BCUT2D eigenvalue weighted by atomic mass is 32.2. The SMILES string of the molecule is CCC(NC(=O)c1ccc(OC)c(S(=O)(=O)Nc2ccc(C)cc2)c1)c1ccc(OC)cc1. The zero-order valence-corrected chi connectivity index (χ0v) is 19.9. The molecule has 1 unspecified atom stereocenters. The zero-order chi connectivity index (χ0) is 24.0. The number of carbonyl (C=O) groups is 1.